The highest BCUT2D eigenvalue weighted by Gasteiger charge is 2.24. The van der Waals surface area contributed by atoms with Gasteiger partial charge in [0.25, 0.3) is 0 Å². The molecule has 1 fully saturated rings. The van der Waals surface area contributed by atoms with Crippen molar-refractivity contribution in [1.29, 1.82) is 0 Å². The molecule has 1 aromatic rings. The molecule has 0 spiro atoms. The third-order valence-corrected chi connectivity index (χ3v) is 3.63. The second-order valence-electron chi connectivity index (χ2n) is 4.99. The molecular weight excluding hydrogens is 258 g/mol. The Balaban J connectivity index is 1.72. The molecule has 0 aliphatic carbocycles. The van der Waals surface area contributed by atoms with Gasteiger partial charge in [-0.25, -0.2) is 0 Å². The minimum Gasteiger partial charge on any atom is -0.490 e. The SMILES string of the molecule is Nc1ccc2c(c1)N(CC(=O)N1CCOCC1)CCO2. The first kappa shape index (κ1) is 13.1. The Morgan fingerprint density at radius 2 is 2.00 bits per heavy atom. The smallest absolute Gasteiger partial charge is 0.242 e. The van der Waals surface area contributed by atoms with Gasteiger partial charge in [-0.15, -0.1) is 0 Å². The van der Waals surface area contributed by atoms with Gasteiger partial charge in [-0.2, -0.15) is 0 Å². The summed E-state index contributed by atoms with van der Waals surface area (Å²) in [5.41, 5.74) is 7.40. The lowest BCUT2D eigenvalue weighted by Gasteiger charge is -2.34. The van der Waals surface area contributed by atoms with Crippen molar-refractivity contribution in [2.75, 3.05) is 56.6 Å². The number of amides is 1. The molecular formula is C14H19N3O3. The molecule has 0 aromatic heterocycles. The van der Waals surface area contributed by atoms with Crippen LogP contribution >= 0.6 is 0 Å². The van der Waals surface area contributed by atoms with E-state index in [4.69, 9.17) is 15.2 Å². The molecule has 0 atom stereocenters. The van der Waals surface area contributed by atoms with Crippen LogP contribution in [-0.4, -0.2) is 56.8 Å². The van der Waals surface area contributed by atoms with E-state index in [0.717, 1.165) is 11.4 Å². The molecule has 2 aliphatic heterocycles. The van der Waals surface area contributed by atoms with Gasteiger partial charge < -0.3 is 25.0 Å². The average Bonchev–Trinajstić information content (AvgIpc) is 2.49. The van der Waals surface area contributed by atoms with Gasteiger partial charge in [0.15, 0.2) is 0 Å². The molecule has 0 saturated carbocycles. The van der Waals surface area contributed by atoms with E-state index >= 15 is 0 Å². The molecule has 1 amide bonds. The van der Waals surface area contributed by atoms with Gasteiger partial charge in [0, 0.05) is 18.8 Å². The summed E-state index contributed by atoms with van der Waals surface area (Å²) in [6, 6.07) is 5.53. The molecule has 1 saturated heterocycles. The van der Waals surface area contributed by atoms with Gasteiger partial charge in [-0.05, 0) is 18.2 Å². The first-order valence-corrected chi connectivity index (χ1v) is 6.87. The van der Waals surface area contributed by atoms with Crippen LogP contribution in [0.15, 0.2) is 18.2 Å². The summed E-state index contributed by atoms with van der Waals surface area (Å²) in [7, 11) is 0. The summed E-state index contributed by atoms with van der Waals surface area (Å²) in [4.78, 5) is 16.2. The lowest BCUT2D eigenvalue weighted by atomic mass is 10.2. The highest BCUT2D eigenvalue weighted by atomic mass is 16.5. The van der Waals surface area contributed by atoms with Crippen molar-refractivity contribution in [2.45, 2.75) is 0 Å². The van der Waals surface area contributed by atoms with Crippen molar-refractivity contribution in [1.82, 2.24) is 4.90 Å². The van der Waals surface area contributed by atoms with Crippen molar-refractivity contribution in [3.63, 3.8) is 0 Å². The molecule has 20 heavy (non-hydrogen) atoms. The maximum absolute atomic E-state index is 12.3. The van der Waals surface area contributed by atoms with Crippen molar-refractivity contribution >= 4 is 17.3 Å². The molecule has 2 aliphatic rings. The zero-order valence-electron chi connectivity index (χ0n) is 11.4. The van der Waals surface area contributed by atoms with E-state index in [1.165, 1.54) is 0 Å². The number of carbonyl (C=O) groups excluding carboxylic acids is 1. The Labute approximate surface area is 118 Å². The normalized spacial score (nSPS) is 18.4. The highest BCUT2D eigenvalue weighted by molar-refractivity contribution is 5.83. The highest BCUT2D eigenvalue weighted by Crippen LogP contribution is 2.33. The summed E-state index contributed by atoms with van der Waals surface area (Å²) < 4.78 is 10.9. The van der Waals surface area contributed by atoms with E-state index in [9.17, 15) is 4.79 Å². The number of nitrogens with zero attached hydrogens (tertiary/aromatic N) is 2. The second-order valence-corrected chi connectivity index (χ2v) is 4.99. The lowest BCUT2D eigenvalue weighted by Crippen LogP contribution is -2.47. The predicted octanol–water partition coefficient (Wildman–Crippen LogP) is 0.326. The van der Waals surface area contributed by atoms with Crippen LogP contribution < -0.4 is 15.4 Å². The van der Waals surface area contributed by atoms with Crippen LogP contribution in [0.1, 0.15) is 0 Å². The van der Waals surface area contributed by atoms with Gasteiger partial charge in [-0.3, -0.25) is 4.79 Å². The number of carbonyl (C=O) groups is 1. The molecule has 0 bridgehead atoms. The molecule has 108 valence electrons. The predicted molar refractivity (Wildman–Crippen MR) is 76.0 cm³/mol. The standard InChI is InChI=1S/C14H19N3O3/c15-11-1-2-13-12(9-11)17(5-8-20-13)10-14(18)16-3-6-19-7-4-16/h1-2,9H,3-8,10,15H2. The lowest BCUT2D eigenvalue weighted by molar-refractivity contribution is -0.133. The molecule has 1 aromatic carbocycles. The van der Waals surface area contributed by atoms with Gasteiger partial charge in [0.2, 0.25) is 5.91 Å². The molecule has 6 heteroatoms. The number of fused-ring (bicyclic) bond motifs is 1. The maximum atomic E-state index is 12.3. The largest absolute Gasteiger partial charge is 0.490 e. The topological polar surface area (TPSA) is 68.0 Å². The van der Waals surface area contributed by atoms with E-state index < -0.39 is 0 Å². The number of benzene rings is 1. The third-order valence-electron chi connectivity index (χ3n) is 3.63. The van der Waals surface area contributed by atoms with Gasteiger partial charge in [0.1, 0.15) is 12.4 Å². The summed E-state index contributed by atoms with van der Waals surface area (Å²) in [6.45, 7) is 4.25. The van der Waals surface area contributed by atoms with Crippen LogP contribution in [0, 0.1) is 0 Å². The molecule has 2 heterocycles. The van der Waals surface area contributed by atoms with Crippen molar-refractivity contribution < 1.29 is 14.3 Å². The summed E-state index contributed by atoms with van der Waals surface area (Å²) >= 11 is 0. The summed E-state index contributed by atoms with van der Waals surface area (Å²) in [5, 5.41) is 0. The number of hydrogen-bond acceptors (Lipinski definition) is 5. The minimum atomic E-state index is 0.128. The summed E-state index contributed by atoms with van der Waals surface area (Å²) in [5.74, 6) is 0.920. The second kappa shape index (κ2) is 5.58. The Morgan fingerprint density at radius 3 is 2.80 bits per heavy atom. The third kappa shape index (κ3) is 2.65. The van der Waals surface area contributed by atoms with Crippen molar-refractivity contribution in [3.05, 3.63) is 18.2 Å². The van der Waals surface area contributed by atoms with Crippen molar-refractivity contribution in [3.8, 4) is 5.75 Å². The van der Waals surface area contributed by atoms with Crippen LogP contribution in [0.4, 0.5) is 11.4 Å². The maximum Gasteiger partial charge on any atom is 0.242 e. The van der Waals surface area contributed by atoms with E-state index in [0.29, 0.717) is 51.7 Å². The van der Waals surface area contributed by atoms with Crippen molar-refractivity contribution in [2.24, 2.45) is 0 Å². The Bertz CT molecular complexity index is 500. The fourth-order valence-electron chi connectivity index (χ4n) is 2.53. The number of morpholine rings is 1. The Hall–Kier alpha value is -1.95. The molecule has 2 N–H and O–H groups in total. The number of hydrogen-bond donors (Lipinski definition) is 1. The summed E-state index contributed by atoms with van der Waals surface area (Å²) in [6.07, 6.45) is 0. The van der Waals surface area contributed by atoms with E-state index in [-0.39, 0.29) is 5.91 Å². The zero-order valence-corrected chi connectivity index (χ0v) is 11.4. The molecule has 0 radical (unpaired) electrons. The zero-order chi connectivity index (χ0) is 13.9. The monoisotopic (exact) mass is 277 g/mol. The first-order chi connectivity index (χ1) is 9.74. The number of nitrogen functional groups attached to an aromatic ring is 1. The van der Waals surface area contributed by atoms with E-state index in [1.807, 2.05) is 28.0 Å². The Morgan fingerprint density at radius 1 is 1.20 bits per heavy atom. The molecule has 3 rings (SSSR count). The Kier molecular flexibility index (Phi) is 3.64. The average molecular weight is 277 g/mol. The van der Waals surface area contributed by atoms with E-state index in [2.05, 4.69) is 0 Å². The molecule has 6 nitrogen and oxygen atoms in total. The fourth-order valence-corrected chi connectivity index (χ4v) is 2.53. The fraction of sp³-hybridized carbons (Fsp3) is 0.500. The van der Waals surface area contributed by atoms with Gasteiger partial charge in [-0.1, -0.05) is 0 Å². The number of anilines is 2. The number of rotatable bonds is 2. The van der Waals surface area contributed by atoms with E-state index in [1.54, 1.807) is 0 Å². The minimum absolute atomic E-state index is 0.128. The first-order valence-electron chi connectivity index (χ1n) is 6.87. The van der Waals surface area contributed by atoms with Crippen LogP contribution in [0.25, 0.3) is 0 Å². The number of ether oxygens (including phenoxy) is 2. The van der Waals surface area contributed by atoms with Crippen LogP contribution in [0.3, 0.4) is 0 Å². The van der Waals surface area contributed by atoms with Crippen LogP contribution in [-0.2, 0) is 9.53 Å². The van der Waals surface area contributed by atoms with Gasteiger partial charge >= 0.3 is 0 Å². The number of nitrogens with two attached hydrogens (primary N) is 1. The van der Waals surface area contributed by atoms with Crippen LogP contribution in [0.2, 0.25) is 0 Å². The molecule has 0 unspecified atom stereocenters. The quantitative estimate of drug-likeness (QED) is 0.789. The van der Waals surface area contributed by atoms with Crippen LogP contribution in [0.5, 0.6) is 5.75 Å². The van der Waals surface area contributed by atoms with Gasteiger partial charge in [0.05, 0.1) is 32.0 Å².